The van der Waals surface area contributed by atoms with Crippen LogP contribution in [-0.2, 0) is 16.1 Å². The van der Waals surface area contributed by atoms with Gasteiger partial charge in [-0.1, -0.05) is 6.58 Å². The van der Waals surface area contributed by atoms with Gasteiger partial charge in [0.1, 0.15) is 0 Å². The topological polar surface area (TPSA) is 44.1 Å². The van der Waals surface area contributed by atoms with E-state index in [4.69, 9.17) is 4.74 Å². The summed E-state index contributed by atoms with van der Waals surface area (Å²) >= 11 is 0. The molecule has 1 rings (SSSR count). The number of ether oxygens (including phenoxy) is 1. The second-order valence-corrected chi connectivity index (χ2v) is 2.56. The molecule has 70 valence electrons. The van der Waals surface area contributed by atoms with Gasteiger partial charge in [-0.05, 0) is 6.92 Å². The number of hydrogen-bond donors (Lipinski definition) is 0. The van der Waals surface area contributed by atoms with Crippen molar-refractivity contribution in [1.29, 1.82) is 0 Å². The van der Waals surface area contributed by atoms with Gasteiger partial charge in [0.05, 0.1) is 19.5 Å². The summed E-state index contributed by atoms with van der Waals surface area (Å²) in [6.45, 7) is 6.20. The van der Waals surface area contributed by atoms with E-state index in [0.29, 0.717) is 18.7 Å². The zero-order valence-electron chi connectivity index (χ0n) is 7.56. The van der Waals surface area contributed by atoms with Crippen LogP contribution in [0.15, 0.2) is 30.9 Å². The van der Waals surface area contributed by atoms with Crippen LogP contribution in [0.2, 0.25) is 0 Å². The van der Waals surface area contributed by atoms with Crippen LogP contribution in [0.1, 0.15) is 6.92 Å². The first-order valence-corrected chi connectivity index (χ1v) is 4.04. The number of aromatic nitrogens is 2. The predicted octanol–water partition coefficient (Wildman–Crippen LogP) is 1.00. The van der Waals surface area contributed by atoms with Crippen LogP contribution in [0, 0.1) is 0 Å². The van der Waals surface area contributed by atoms with E-state index in [9.17, 15) is 4.79 Å². The Balaban J connectivity index is 2.46. The van der Waals surface area contributed by atoms with Crippen molar-refractivity contribution in [3.8, 4) is 0 Å². The number of carbonyl (C=O) groups is 1. The zero-order valence-corrected chi connectivity index (χ0v) is 7.56. The lowest BCUT2D eigenvalue weighted by Crippen LogP contribution is -2.11. The van der Waals surface area contributed by atoms with Crippen LogP contribution in [0.5, 0.6) is 0 Å². The Morgan fingerprint density at radius 1 is 1.69 bits per heavy atom. The predicted molar refractivity (Wildman–Crippen MR) is 48.0 cm³/mol. The Bertz CT molecular complexity index is 291. The Hall–Kier alpha value is -1.58. The molecule has 0 aliphatic heterocycles. The first-order chi connectivity index (χ1) is 6.24. The largest absolute Gasteiger partial charge is 0.463 e. The second kappa shape index (κ2) is 4.45. The van der Waals surface area contributed by atoms with E-state index in [2.05, 4.69) is 11.6 Å². The Kier molecular flexibility index (Phi) is 3.25. The third-order valence-electron chi connectivity index (χ3n) is 1.50. The molecule has 0 aliphatic carbocycles. The van der Waals surface area contributed by atoms with Crippen molar-refractivity contribution in [2.45, 2.75) is 13.5 Å². The van der Waals surface area contributed by atoms with Crippen molar-refractivity contribution in [2.24, 2.45) is 0 Å². The molecule has 1 aromatic rings. The molecule has 4 heteroatoms. The fourth-order valence-electron chi connectivity index (χ4n) is 0.898. The summed E-state index contributed by atoms with van der Waals surface area (Å²) < 4.78 is 6.54. The van der Waals surface area contributed by atoms with Crippen LogP contribution in [0.25, 0.3) is 0 Å². The summed E-state index contributed by atoms with van der Waals surface area (Å²) in [5, 5.41) is 0. The lowest BCUT2D eigenvalue weighted by molar-refractivity contribution is -0.138. The number of nitrogens with zero attached hydrogens (tertiary/aromatic N) is 2. The summed E-state index contributed by atoms with van der Waals surface area (Å²) in [4.78, 5) is 15.0. The van der Waals surface area contributed by atoms with Crippen LogP contribution in [0.4, 0.5) is 0 Å². The third-order valence-corrected chi connectivity index (χ3v) is 1.50. The Morgan fingerprint density at radius 3 is 3.00 bits per heavy atom. The van der Waals surface area contributed by atoms with E-state index in [-0.39, 0.29) is 5.97 Å². The van der Waals surface area contributed by atoms with Crippen LogP contribution in [0.3, 0.4) is 0 Å². The van der Waals surface area contributed by atoms with Crippen molar-refractivity contribution < 1.29 is 9.53 Å². The number of esters is 1. The highest BCUT2D eigenvalue weighted by atomic mass is 16.5. The van der Waals surface area contributed by atoms with Crippen LogP contribution >= 0.6 is 0 Å². The van der Waals surface area contributed by atoms with Gasteiger partial charge in [-0.25, -0.2) is 9.78 Å². The molecule has 4 nitrogen and oxygen atoms in total. The number of rotatable bonds is 4. The smallest absolute Gasteiger partial charge is 0.335 e. The molecule has 0 aromatic carbocycles. The zero-order chi connectivity index (χ0) is 9.68. The maximum atomic E-state index is 11.1. The molecule has 0 fully saturated rings. The maximum absolute atomic E-state index is 11.1. The van der Waals surface area contributed by atoms with Gasteiger partial charge < -0.3 is 9.30 Å². The molecule has 1 heterocycles. The van der Waals surface area contributed by atoms with Gasteiger partial charge in [-0.3, -0.25) is 0 Å². The molecule has 0 aliphatic rings. The Labute approximate surface area is 76.8 Å². The van der Waals surface area contributed by atoms with Crippen molar-refractivity contribution in [3.63, 3.8) is 0 Å². The highest BCUT2D eigenvalue weighted by Gasteiger charge is 2.07. The van der Waals surface area contributed by atoms with E-state index >= 15 is 0 Å². The van der Waals surface area contributed by atoms with E-state index in [1.807, 2.05) is 0 Å². The number of imidazole rings is 1. The second-order valence-electron chi connectivity index (χ2n) is 2.56. The van der Waals surface area contributed by atoms with E-state index in [0.717, 1.165) is 0 Å². The van der Waals surface area contributed by atoms with Gasteiger partial charge in [0.25, 0.3) is 0 Å². The molecule has 0 bridgehead atoms. The molecule has 0 radical (unpaired) electrons. The molecule has 0 N–H and O–H groups in total. The molecule has 13 heavy (non-hydrogen) atoms. The van der Waals surface area contributed by atoms with E-state index < -0.39 is 0 Å². The minimum absolute atomic E-state index is 0.351. The standard InChI is InChI=1S/C9H12N2O2/c1-3-13-9(12)8(2)6-11-5-4-10-7-11/h4-5,7H,2-3,6H2,1H3. The van der Waals surface area contributed by atoms with E-state index in [1.54, 1.807) is 30.2 Å². The molecular formula is C9H12N2O2. The first kappa shape index (κ1) is 9.51. The maximum Gasteiger partial charge on any atom is 0.335 e. The highest BCUT2D eigenvalue weighted by molar-refractivity contribution is 5.87. The highest BCUT2D eigenvalue weighted by Crippen LogP contribution is 1.99. The molecule has 1 aromatic heterocycles. The summed E-state index contributed by atoms with van der Waals surface area (Å²) in [5.41, 5.74) is 0.430. The van der Waals surface area contributed by atoms with Gasteiger partial charge in [0, 0.05) is 18.0 Å². The normalized spacial score (nSPS) is 9.62. The molecule has 0 amide bonds. The van der Waals surface area contributed by atoms with Crippen molar-refractivity contribution in [1.82, 2.24) is 9.55 Å². The molecule has 0 atom stereocenters. The SMILES string of the molecule is C=C(Cn1ccnc1)C(=O)OCC. The molecule has 0 saturated carbocycles. The van der Waals surface area contributed by atoms with Gasteiger partial charge in [-0.2, -0.15) is 0 Å². The quantitative estimate of drug-likeness (QED) is 0.513. The fraction of sp³-hybridized carbons (Fsp3) is 0.333. The molecule has 0 spiro atoms. The summed E-state index contributed by atoms with van der Waals surface area (Å²) in [5.74, 6) is -0.351. The van der Waals surface area contributed by atoms with Crippen LogP contribution in [-0.4, -0.2) is 22.1 Å². The van der Waals surface area contributed by atoms with Gasteiger partial charge in [-0.15, -0.1) is 0 Å². The molecule has 0 unspecified atom stereocenters. The number of hydrogen-bond acceptors (Lipinski definition) is 3. The van der Waals surface area contributed by atoms with Crippen molar-refractivity contribution in [2.75, 3.05) is 6.61 Å². The van der Waals surface area contributed by atoms with Crippen molar-refractivity contribution >= 4 is 5.97 Å². The lowest BCUT2D eigenvalue weighted by atomic mass is 10.3. The lowest BCUT2D eigenvalue weighted by Gasteiger charge is -2.04. The first-order valence-electron chi connectivity index (χ1n) is 4.04. The summed E-state index contributed by atoms with van der Waals surface area (Å²) in [6.07, 6.45) is 5.05. The monoisotopic (exact) mass is 180 g/mol. The van der Waals surface area contributed by atoms with Gasteiger partial charge in [0.15, 0.2) is 0 Å². The summed E-state index contributed by atoms with van der Waals surface area (Å²) in [7, 11) is 0. The summed E-state index contributed by atoms with van der Waals surface area (Å²) in [6, 6.07) is 0. The van der Waals surface area contributed by atoms with Gasteiger partial charge >= 0.3 is 5.97 Å². The Morgan fingerprint density at radius 2 is 2.46 bits per heavy atom. The minimum Gasteiger partial charge on any atom is -0.463 e. The number of carbonyl (C=O) groups excluding carboxylic acids is 1. The minimum atomic E-state index is -0.351. The van der Waals surface area contributed by atoms with E-state index in [1.165, 1.54) is 0 Å². The third kappa shape index (κ3) is 2.74. The molecular weight excluding hydrogens is 168 g/mol. The fourth-order valence-corrected chi connectivity index (χ4v) is 0.898. The average molecular weight is 180 g/mol. The van der Waals surface area contributed by atoms with Gasteiger partial charge in [0.2, 0.25) is 0 Å². The van der Waals surface area contributed by atoms with Crippen LogP contribution < -0.4 is 0 Å². The average Bonchev–Trinajstić information content (AvgIpc) is 2.57. The van der Waals surface area contributed by atoms with Crippen molar-refractivity contribution in [3.05, 3.63) is 30.9 Å². The molecule has 0 saturated heterocycles.